The van der Waals surface area contributed by atoms with Crippen molar-refractivity contribution in [3.8, 4) is 0 Å². The topological polar surface area (TPSA) is 94.3 Å². The highest BCUT2D eigenvalue weighted by atomic mass is 32.2. The maximum absolute atomic E-state index is 12.1. The third kappa shape index (κ3) is 3.11. The monoisotopic (exact) mass is 285 g/mol. The SMILES string of the molecule is COC1(CNS(=O)(=O)c2ccc(CN)cn2)CCC1. The zero-order chi connectivity index (χ0) is 13.9. The number of aromatic nitrogens is 1. The summed E-state index contributed by atoms with van der Waals surface area (Å²) in [7, 11) is -1.97. The lowest BCUT2D eigenvalue weighted by Gasteiger charge is -2.40. The van der Waals surface area contributed by atoms with E-state index in [4.69, 9.17) is 10.5 Å². The minimum absolute atomic E-state index is 0.00952. The number of pyridine rings is 1. The summed E-state index contributed by atoms with van der Waals surface area (Å²) in [5.74, 6) is 0. The van der Waals surface area contributed by atoms with Crippen LogP contribution in [0.15, 0.2) is 23.4 Å². The first-order valence-electron chi connectivity index (χ1n) is 6.21. The predicted octanol–water partition coefficient (Wildman–Crippen LogP) is 0.388. The molecule has 0 amide bonds. The second-order valence-corrected chi connectivity index (χ2v) is 6.49. The molecule has 19 heavy (non-hydrogen) atoms. The Bertz CT molecular complexity index is 518. The zero-order valence-electron chi connectivity index (χ0n) is 10.9. The number of sulfonamides is 1. The van der Waals surface area contributed by atoms with Crippen molar-refractivity contribution in [2.45, 2.75) is 36.4 Å². The minimum Gasteiger partial charge on any atom is -0.377 e. The number of nitrogens with one attached hydrogen (secondary N) is 1. The van der Waals surface area contributed by atoms with E-state index in [1.807, 2.05) is 0 Å². The van der Waals surface area contributed by atoms with Gasteiger partial charge in [-0.2, -0.15) is 0 Å². The molecule has 1 aliphatic carbocycles. The van der Waals surface area contributed by atoms with Crippen molar-refractivity contribution in [1.29, 1.82) is 0 Å². The molecule has 1 aromatic rings. The maximum atomic E-state index is 12.1. The molecule has 7 heteroatoms. The van der Waals surface area contributed by atoms with Gasteiger partial charge in [0.2, 0.25) is 0 Å². The fraction of sp³-hybridized carbons (Fsp3) is 0.583. The van der Waals surface area contributed by atoms with Gasteiger partial charge in [-0.05, 0) is 30.9 Å². The third-order valence-electron chi connectivity index (χ3n) is 3.59. The first-order chi connectivity index (χ1) is 9.01. The van der Waals surface area contributed by atoms with Crippen molar-refractivity contribution in [3.05, 3.63) is 23.9 Å². The second kappa shape index (κ2) is 5.54. The summed E-state index contributed by atoms with van der Waals surface area (Å²) >= 11 is 0. The number of hydrogen-bond donors (Lipinski definition) is 2. The van der Waals surface area contributed by atoms with Gasteiger partial charge in [0.25, 0.3) is 10.0 Å². The molecule has 0 spiro atoms. The van der Waals surface area contributed by atoms with Crippen LogP contribution in [0.5, 0.6) is 0 Å². The Morgan fingerprint density at radius 1 is 1.47 bits per heavy atom. The molecule has 2 rings (SSSR count). The van der Waals surface area contributed by atoms with E-state index < -0.39 is 10.0 Å². The highest BCUT2D eigenvalue weighted by molar-refractivity contribution is 7.89. The molecule has 0 bridgehead atoms. The van der Waals surface area contributed by atoms with Gasteiger partial charge in [-0.15, -0.1) is 0 Å². The highest BCUT2D eigenvalue weighted by Gasteiger charge is 2.38. The predicted molar refractivity (Wildman–Crippen MR) is 70.9 cm³/mol. The smallest absolute Gasteiger partial charge is 0.258 e. The minimum atomic E-state index is -3.59. The molecular weight excluding hydrogens is 266 g/mol. The van der Waals surface area contributed by atoms with E-state index in [2.05, 4.69) is 9.71 Å². The van der Waals surface area contributed by atoms with Gasteiger partial charge >= 0.3 is 0 Å². The first kappa shape index (κ1) is 14.4. The van der Waals surface area contributed by atoms with Crippen LogP contribution in [0.25, 0.3) is 0 Å². The van der Waals surface area contributed by atoms with Crippen LogP contribution in [-0.2, 0) is 21.3 Å². The van der Waals surface area contributed by atoms with Gasteiger partial charge in [-0.1, -0.05) is 6.07 Å². The fourth-order valence-corrected chi connectivity index (χ4v) is 3.05. The van der Waals surface area contributed by atoms with Crippen LogP contribution in [0, 0.1) is 0 Å². The Balaban J connectivity index is 2.05. The maximum Gasteiger partial charge on any atom is 0.258 e. The van der Waals surface area contributed by atoms with Gasteiger partial charge in [0.05, 0.1) is 5.60 Å². The van der Waals surface area contributed by atoms with Crippen molar-refractivity contribution < 1.29 is 13.2 Å². The molecule has 0 saturated heterocycles. The molecule has 1 heterocycles. The number of methoxy groups -OCH3 is 1. The number of rotatable bonds is 6. The lowest BCUT2D eigenvalue weighted by Crippen LogP contribution is -2.49. The molecule has 3 N–H and O–H groups in total. The summed E-state index contributed by atoms with van der Waals surface area (Å²) in [6.45, 7) is 0.625. The molecule has 1 aromatic heterocycles. The second-order valence-electron chi connectivity index (χ2n) is 4.77. The van der Waals surface area contributed by atoms with Crippen LogP contribution in [0.3, 0.4) is 0 Å². The average molecular weight is 285 g/mol. The van der Waals surface area contributed by atoms with Crippen molar-refractivity contribution in [2.75, 3.05) is 13.7 Å². The molecule has 1 fully saturated rings. The van der Waals surface area contributed by atoms with Crippen LogP contribution in [0.1, 0.15) is 24.8 Å². The molecular formula is C12H19N3O3S. The summed E-state index contributed by atoms with van der Waals surface area (Å²) in [5, 5.41) is 0.00952. The Kier molecular flexibility index (Phi) is 4.19. The fourth-order valence-electron chi connectivity index (χ4n) is 2.02. The van der Waals surface area contributed by atoms with E-state index in [1.165, 1.54) is 12.3 Å². The van der Waals surface area contributed by atoms with E-state index in [0.29, 0.717) is 6.54 Å². The quantitative estimate of drug-likeness (QED) is 0.788. The summed E-state index contributed by atoms with van der Waals surface area (Å²) in [4.78, 5) is 3.92. The molecule has 6 nitrogen and oxygen atoms in total. The molecule has 0 aromatic carbocycles. The summed E-state index contributed by atoms with van der Waals surface area (Å²) in [5.41, 5.74) is 5.90. The van der Waals surface area contributed by atoms with Gasteiger partial charge in [0.1, 0.15) is 0 Å². The first-order valence-corrected chi connectivity index (χ1v) is 7.69. The van der Waals surface area contributed by atoms with E-state index in [0.717, 1.165) is 24.8 Å². The number of nitrogens with zero attached hydrogens (tertiary/aromatic N) is 1. The van der Waals surface area contributed by atoms with Crippen molar-refractivity contribution in [2.24, 2.45) is 5.73 Å². The Morgan fingerprint density at radius 3 is 2.63 bits per heavy atom. The van der Waals surface area contributed by atoms with Crippen LogP contribution in [0.2, 0.25) is 0 Å². The van der Waals surface area contributed by atoms with Crippen LogP contribution in [0.4, 0.5) is 0 Å². The number of hydrogen-bond acceptors (Lipinski definition) is 5. The number of nitrogens with two attached hydrogens (primary N) is 1. The van der Waals surface area contributed by atoms with E-state index in [9.17, 15) is 8.42 Å². The molecule has 1 aliphatic rings. The standard InChI is InChI=1S/C12H19N3O3S/c1-18-12(5-2-6-12)9-15-19(16,17)11-4-3-10(7-13)8-14-11/h3-4,8,15H,2,5-7,9,13H2,1H3. The lowest BCUT2D eigenvalue weighted by molar-refractivity contribution is -0.0659. The molecule has 0 unspecified atom stereocenters. The van der Waals surface area contributed by atoms with Crippen molar-refractivity contribution in [1.82, 2.24) is 9.71 Å². The van der Waals surface area contributed by atoms with Gasteiger partial charge < -0.3 is 10.5 Å². The summed E-state index contributed by atoms with van der Waals surface area (Å²) in [6.07, 6.45) is 4.31. The summed E-state index contributed by atoms with van der Waals surface area (Å²) < 4.78 is 32.1. The van der Waals surface area contributed by atoms with Crippen molar-refractivity contribution >= 4 is 10.0 Å². The largest absolute Gasteiger partial charge is 0.377 e. The Morgan fingerprint density at radius 2 is 2.21 bits per heavy atom. The zero-order valence-corrected chi connectivity index (χ0v) is 11.7. The lowest BCUT2D eigenvalue weighted by atomic mass is 9.80. The van der Waals surface area contributed by atoms with Crippen molar-refractivity contribution in [3.63, 3.8) is 0 Å². The van der Waals surface area contributed by atoms with Crippen LogP contribution >= 0.6 is 0 Å². The number of ether oxygens (including phenoxy) is 1. The normalized spacial score (nSPS) is 18.0. The Labute approximate surface area is 113 Å². The van der Waals surface area contributed by atoms with Gasteiger partial charge in [0.15, 0.2) is 5.03 Å². The third-order valence-corrected chi connectivity index (χ3v) is 4.91. The molecule has 1 saturated carbocycles. The van der Waals surface area contributed by atoms with Gasteiger partial charge in [-0.25, -0.2) is 18.1 Å². The molecule has 106 valence electrons. The molecule has 0 radical (unpaired) electrons. The van der Waals surface area contributed by atoms with Crippen LogP contribution < -0.4 is 10.5 Å². The molecule has 0 atom stereocenters. The van der Waals surface area contributed by atoms with Gasteiger partial charge in [-0.3, -0.25) is 0 Å². The van der Waals surface area contributed by atoms with Gasteiger partial charge in [0, 0.05) is 26.4 Å². The average Bonchev–Trinajstić information content (AvgIpc) is 2.38. The van der Waals surface area contributed by atoms with Crippen LogP contribution in [-0.4, -0.2) is 32.7 Å². The summed E-state index contributed by atoms with van der Waals surface area (Å²) in [6, 6.07) is 3.13. The van der Waals surface area contributed by atoms with E-state index in [-0.39, 0.29) is 17.2 Å². The highest BCUT2D eigenvalue weighted by Crippen LogP contribution is 2.34. The van der Waals surface area contributed by atoms with E-state index in [1.54, 1.807) is 13.2 Å². The molecule has 0 aliphatic heterocycles. The Hall–Kier alpha value is -1.02. The van der Waals surface area contributed by atoms with E-state index >= 15 is 0 Å².